The summed E-state index contributed by atoms with van der Waals surface area (Å²) in [6.45, 7) is 3.37. The smallest absolute Gasteiger partial charge is 0.446 e. The van der Waals surface area contributed by atoms with Crippen LogP contribution in [0.1, 0.15) is 50.2 Å². The van der Waals surface area contributed by atoms with Crippen LogP contribution in [-0.2, 0) is 6.61 Å². The zero-order valence-corrected chi connectivity index (χ0v) is 16.9. The number of alkyl halides is 3. The maximum Gasteiger partial charge on any atom is 0.446 e. The average Bonchev–Trinajstić information content (AvgIpc) is 2.66. The second-order valence-electron chi connectivity index (χ2n) is 6.50. The Hall–Kier alpha value is -1.95. The van der Waals surface area contributed by atoms with E-state index in [1.165, 1.54) is 37.8 Å². The van der Waals surface area contributed by atoms with Gasteiger partial charge < -0.3 is 4.74 Å². The molecule has 0 saturated carbocycles. The van der Waals surface area contributed by atoms with E-state index in [2.05, 4.69) is 11.9 Å². The molecule has 152 valence electrons. The number of benzene rings is 2. The van der Waals surface area contributed by atoms with Crippen LogP contribution in [0.4, 0.5) is 13.2 Å². The van der Waals surface area contributed by atoms with Gasteiger partial charge in [-0.15, -0.1) is 0 Å². The molecule has 0 atom stereocenters. The van der Waals surface area contributed by atoms with Crippen LogP contribution >= 0.6 is 11.8 Å². The van der Waals surface area contributed by atoms with E-state index in [0.29, 0.717) is 12.4 Å². The summed E-state index contributed by atoms with van der Waals surface area (Å²) in [5.41, 5.74) is -2.42. The molecular formula is C22H26F3NOS. The van der Waals surface area contributed by atoms with E-state index in [4.69, 9.17) is 4.74 Å². The van der Waals surface area contributed by atoms with E-state index in [1.54, 1.807) is 12.1 Å². The highest BCUT2D eigenvalue weighted by atomic mass is 32.2. The standard InChI is InChI=1S/C22H26F3NOS/c1-2-3-4-5-6-15-26-16-18-7-11-20(12-8-18)27-17-19-9-13-21(14-10-19)28-22(23,24)25/h7-14,16H,2-6,15,17H2,1H3/b26-16+. The summed E-state index contributed by atoms with van der Waals surface area (Å²) >= 11 is -0.115. The molecule has 0 aromatic heterocycles. The van der Waals surface area contributed by atoms with Crippen molar-refractivity contribution < 1.29 is 17.9 Å². The van der Waals surface area contributed by atoms with Gasteiger partial charge >= 0.3 is 5.51 Å². The molecule has 2 nitrogen and oxygen atoms in total. The fraction of sp³-hybridized carbons (Fsp3) is 0.409. The molecule has 0 aliphatic rings. The van der Waals surface area contributed by atoms with Crippen LogP contribution in [0.2, 0.25) is 0 Å². The molecule has 0 N–H and O–H groups in total. The Labute approximate surface area is 169 Å². The maximum absolute atomic E-state index is 12.3. The average molecular weight is 410 g/mol. The van der Waals surface area contributed by atoms with Crippen LogP contribution in [0.5, 0.6) is 5.75 Å². The third-order valence-electron chi connectivity index (χ3n) is 4.07. The molecule has 0 saturated heterocycles. The van der Waals surface area contributed by atoms with Crippen molar-refractivity contribution in [1.29, 1.82) is 0 Å². The lowest BCUT2D eigenvalue weighted by molar-refractivity contribution is -0.0328. The maximum atomic E-state index is 12.3. The molecule has 0 unspecified atom stereocenters. The van der Waals surface area contributed by atoms with Crippen molar-refractivity contribution in [3.8, 4) is 5.75 Å². The number of unbranched alkanes of at least 4 members (excludes halogenated alkanes) is 4. The highest BCUT2D eigenvalue weighted by Gasteiger charge is 2.28. The van der Waals surface area contributed by atoms with Crippen LogP contribution in [0.25, 0.3) is 0 Å². The first kappa shape index (κ1) is 22.3. The van der Waals surface area contributed by atoms with Crippen LogP contribution in [0.15, 0.2) is 58.4 Å². The Morgan fingerprint density at radius 2 is 1.61 bits per heavy atom. The highest BCUT2D eigenvalue weighted by Crippen LogP contribution is 2.36. The fourth-order valence-corrected chi connectivity index (χ4v) is 3.12. The zero-order chi connectivity index (χ0) is 20.2. The second-order valence-corrected chi connectivity index (χ2v) is 7.64. The lowest BCUT2D eigenvalue weighted by Gasteiger charge is -2.08. The van der Waals surface area contributed by atoms with Gasteiger partial charge in [-0.3, -0.25) is 4.99 Å². The van der Waals surface area contributed by atoms with Gasteiger partial charge in [-0.05, 0) is 65.7 Å². The van der Waals surface area contributed by atoms with Gasteiger partial charge in [-0.25, -0.2) is 0 Å². The first-order valence-corrected chi connectivity index (χ1v) is 10.4. The van der Waals surface area contributed by atoms with Crippen LogP contribution in [-0.4, -0.2) is 18.3 Å². The molecule has 28 heavy (non-hydrogen) atoms. The number of aliphatic imine (C=N–C) groups is 1. The SMILES string of the molecule is CCCCCCC/N=C/c1ccc(OCc2ccc(SC(F)(F)F)cc2)cc1. The first-order valence-electron chi connectivity index (χ1n) is 9.53. The van der Waals surface area contributed by atoms with Crippen molar-refractivity contribution in [3.63, 3.8) is 0 Å². The van der Waals surface area contributed by atoms with Crippen LogP contribution in [0.3, 0.4) is 0 Å². The van der Waals surface area contributed by atoms with E-state index in [-0.39, 0.29) is 16.7 Å². The van der Waals surface area contributed by atoms with Crippen molar-refractivity contribution in [1.82, 2.24) is 0 Å². The summed E-state index contributed by atoms with van der Waals surface area (Å²) in [7, 11) is 0. The predicted octanol–water partition coefficient (Wildman–Crippen LogP) is 7.27. The number of ether oxygens (including phenoxy) is 1. The highest BCUT2D eigenvalue weighted by molar-refractivity contribution is 8.00. The Balaban J connectivity index is 1.73. The summed E-state index contributed by atoms with van der Waals surface area (Å²) in [5, 5.41) is 0. The van der Waals surface area contributed by atoms with E-state index in [9.17, 15) is 13.2 Å². The third kappa shape index (κ3) is 9.31. The number of thioether (sulfide) groups is 1. The van der Waals surface area contributed by atoms with Gasteiger partial charge in [0.25, 0.3) is 0 Å². The van der Waals surface area contributed by atoms with Gasteiger partial charge in [0.2, 0.25) is 0 Å². The quantitative estimate of drug-likeness (QED) is 0.221. The van der Waals surface area contributed by atoms with Crippen molar-refractivity contribution >= 4 is 18.0 Å². The molecule has 2 aromatic rings. The topological polar surface area (TPSA) is 21.6 Å². The Kier molecular flexibility index (Phi) is 9.41. The third-order valence-corrected chi connectivity index (χ3v) is 4.81. The minimum absolute atomic E-state index is 0.115. The summed E-state index contributed by atoms with van der Waals surface area (Å²) in [6.07, 6.45) is 8.05. The van der Waals surface area contributed by atoms with Gasteiger partial charge in [-0.2, -0.15) is 13.2 Å². The van der Waals surface area contributed by atoms with Gasteiger partial charge in [0, 0.05) is 17.7 Å². The molecule has 0 spiro atoms. The number of rotatable bonds is 11. The molecule has 0 heterocycles. The lowest BCUT2D eigenvalue weighted by Crippen LogP contribution is -1.99. The minimum Gasteiger partial charge on any atom is -0.489 e. The molecule has 0 aliphatic heterocycles. The summed E-state index contributed by atoms with van der Waals surface area (Å²) < 4.78 is 42.7. The predicted molar refractivity (Wildman–Crippen MR) is 110 cm³/mol. The van der Waals surface area contributed by atoms with Gasteiger partial charge in [0.05, 0.1) is 0 Å². The molecule has 0 radical (unpaired) electrons. The van der Waals surface area contributed by atoms with Crippen molar-refractivity contribution in [2.45, 2.75) is 56.0 Å². The number of hydrogen-bond acceptors (Lipinski definition) is 3. The molecular weight excluding hydrogens is 383 g/mol. The number of hydrogen-bond donors (Lipinski definition) is 0. The largest absolute Gasteiger partial charge is 0.489 e. The summed E-state index contributed by atoms with van der Waals surface area (Å²) in [5.74, 6) is 0.713. The van der Waals surface area contributed by atoms with Crippen molar-refractivity contribution in [2.24, 2.45) is 4.99 Å². The van der Waals surface area contributed by atoms with Crippen LogP contribution in [0, 0.1) is 0 Å². The minimum atomic E-state index is -4.27. The number of halogens is 3. The van der Waals surface area contributed by atoms with Crippen molar-refractivity contribution in [3.05, 3.63) is 59.7 Å². The molecule has 0 aliphatic carbocycles. The Bertz CT molecular complexity index is 712. The van der Waals surface area contributed by atoms with E-state index in [1.807, 2.05) is 30.5 Å². The van der Waals surface area contributed by atoms with E-state index < -0.39 is 5.51 Å². The lowest BCUT2D eigenvalue weighted by atomic mass is 10.1. The molecule has 6 heteroatoms. The molecule has 2 rings (SSSR count). The fourth-order valence-electron chi connectivity index (χ4n) is 2.58. The Morgan fingerprint density at radius 1 is 0.929 bits per heavy atom. The van der Waals surface area contributed by atoms with Crippen LogP contribution < -0.4 is 4.74 Å². The van der Waals surface area contributed by atoms with Gasteiger partial charge in [-0.1, -0.05) is 44.7 Å². The van der Waals surface area contributed by atoms with E-state index >= 15 is 0 Å². The summed E-state index contributed by atoms with van der Waals surface area (Å²) in [4.78, 5) is 4.62. The van der Waals surface area contributed by atoms with Gasteiger partial charge in [0.15, 0.2) is 0 Å². The molecule has 0 amide bonds. The van der Waals surface area contributed by atoms with Crippen molar-refractivity contribution in [2.75, 3.05) is 6.54 Å². The van der Waals surface area contributed by atoms with E-state index in [0.717, 1.165) is 24.1 Å². The Morgan fingerprint density at radius 3 is 2.25 bits per heavy atom. The van der Waals surface area contributed by atoms with Gasteiger partial charge in [0.1, 0.15) is 12.4 Å². The normalized spacial score (nSPS) is 11.9. The molecule has 0 fully saturated rings. The first-order chi connectivity index (χ1) is 13.5. The monoisotopic (exact) mass is 409 g/mol. The molecule has 2 aromatic carbocycles. The number of nitrogens with zero attached hydrogens (tertiary/aromatic N) is 1. The molecule has 0 bridgehead atoms. The second kappa shape index (κ2) is 11.8. The zero-order valence-electron chi connectivity index (χ0n) is 16.0. The summed E-state index contributed by atoms with van der Waals surface area (Å²) in [6, 6.07) is 13.8.